The zero-order valence-corrected chi connectivity index (χ0v) is 13.9. The Bertz CT molecular complexity index is 986. The average Bonchev–Trinajstić information content (AvgIpc) is 2.67. The Labute approximate surface area is 158 Å². The molecule has 0 unspecified atom stereocenters. The highest BCUT2D eigenvalue weighted by Crippen LogP contribution is 2.39. The Kier molecular flexibility index (Phi) is 4.61. The molecule has 0 atom stereocenters. The monoisotopic (exact) mass is 386 g/mol. The first-order chi connectivity index (χ1) is 13.6. The SMILES string of the molecule is [2H]c1c([2H])c([2H])c(N(N=O)c2c(Cl)cccc2Cl)c(CC(=O)OCC(=O)O)c1[2H]. The molecule has 0 amide bonds. The van der Waals surface area contributed by atoms with Crippen molar-refractivity contribution >= 4 is 46.5 Å². The van der Waals surface area contributed by atoms with Crippen molar-refractivity contribution in [3.63, 3.8) is 0 Å². The number of carbonyl (C=O) groups excluding carboxylic acids is 1. The molecule has 130 valence electrons. The van der Waals surface area contributed by atoms with E-state index in [0.717, 1.165) is 0 Å². The Hall–Kier alpha value is -2.64. The zero-order chi connectivity index (χ0) is 21.9. The molecule has 2 aromatic rings. The van der Waals surface area contributed by atoms with E-state index >= 15 is 0 Å². The lowest BCUT2D eigenvalue weighted by Crippen LogP contribution is -2.17. The molecule has 0 spiro atoms. The lowest BCUT2D eigenvalue weighted by molar-refractivity contribution is -0.154. The molecule has 0 radical (unpaired) electrons. The molecule has 0 saturated carbocycles. The van der Waals surface area contributed by atoms with Gasteiger partial charge in [0.25, 0.3) is 0 Å². The third kappa shape index (κ3) is 4.68. The molecule has 1 N–H and O–H groups in total. The fraction of sp³-hybridized carbons (Fsp3) is 0.125. The third-order valence-corrected chi connectivity index (χ3v) is 3.47. The maximum absolute atomic E-state index is 12.0. The van der Waals surface area contributed by atoms with E-state index in [9.17, 15) is 14.5 Å². The summed E-state index contributed by atoms with van der Waals surface area (Å²) in [5.41, 5.74) is -0.966. The molecule has 0 aliphatic rings. The topological polar surface area (TPSA) is 96.3 Å². The van der Waals surface area contributed by atoms with E-state index in [1.807, 2.05) is 0 Å². The fourth-order valence-corrected chi connectivity index (χ4v) is 2.42. The van der Waals surface area contributed by atoms with Crippen LogP contribution < -0.4 is 5.01 Å². The van der Waals surface area contributed by atoms with Gasteiger partial charge in [-0.1, -0.05) is 47.4 Å². The molecule has 0 aromatic heterocycles. The Morgan fingerprint density at radius 2 is 1.88 bits per heavy atom. The van der Waals surface area contributed by atoms with Gasteiger partial charge in [-0.2, -0.15) is 5.01 Å². The second kappa shape index (κ2) is 8.46. The van der Waals surface area contributed by atoms with Gasteiger partial charge in [-0.25, -0.2) is 4.79 Å². The molecule has 0 aliphatic carbocycles. The maximum Gasteiger partial charge on any atom is 0.341 e. The predicted octanol–water partition coefficient (Wildman–Crippen LogP) is 3.98. The van der Waals surface area contributed by atoms with Crippen LogP contribution in [0.4, 0.5) is 11.4 Å². The predicted molar refractivity (Wildman–Crippen MR) is 93.1 cm³/mol. The van der Waals surface area contributed by atoms with Gasteiger partial charge >= 0.3 is 11.9 Å². The van der Waals surface area contributed by atoms with Gasteiger partial charge in [0.05, 0.1) is 32.9 Å². The smallest absolute Gasteiger partial charge is 0.341 e. The standard InChI is InChI=1S/C16H12Cl2N2O5/c17-11-5-3-6-12(18)16(11)20(19-24)13-7-2-1-4-10(13)8-15(23)25-9-14(21)22/h1-7H,8-9H2,(H,21,22)/i1D,2D,4D,7D. The van der Waals surface area contributed by atoms with Crippen LogP contribution in [0.3, 0.4) is 0 Å². The van der Waals surface area contributed by atoms with E-state index in [-0.39, 0.29) is 21.3 Å². The largest absolute Gasteiger partial charge is 0.479 e. The van der Waals surface area contributed by atoms with Gasteiger partial charge < -0.3 is 9.84 Å². The van der Waals surface area contributed by atoms with Gasteiger partial charge in [0, 0.05) is 0 Å². The summed E-state index contributed by atoms with van der Waals surface area (Å²) in [5.74, 6) is -2.50. The number of anilines is 2. The van der Waals surface area contributed by atoms with E-state index in [4.69, 9.17) is 33.8 Å². The van der Waals surface area contributed by atoms with Crippen molar-refractivity contribution in [1.82, 2.24) is 0 Å². The quantitative estimate of drug-likeness (QED) is 0.439. The van der Waals surface area contributed by atoms with Crippen LogP contribution in [-0.4, -0.2) is 23.7 Å². The molecule has 0 heterocycles. The van der Waals surface area contributed by atoms with E-state index in [2.05, 4.69) is 10.0 Å². The maximum atomic E-state index is 12.0. The van der Waals surface area contributed by atoms with Crippen molar-refractivity contribution in [1.29, 1.82) is 0 Å². The van der Waals surface area contributed by atoms with Crippen LogP contribution in [0, 0.1) is 4.91 Å². The first kappa shape index (κ1) is 13.6. The Balaban J connectivity index is 2.70. The number of nitrogens with zero attached hydrogens (tertiary/aromatic N) is 2. The number of rotatable bonds is 7. The molecular formula is C16H12Cl2N2O5. The number of ether oxygens (including phenoxy) is 1. The highest BCUT2D eigenvalue weighted by atomic mass is 35.5. The van der Waals surface area contributed by atoms with Crippen molar-refractivity contribution < 1.29 is 24.9 Å². The van der Waals surface area contributed by atoms with Crippen LogP contribution in [0.5, 0.6) is 0 Å². The number of benzene rings is 2. The highest BCUT2D eigenvalue weighted by molar-refractivity contribution is 6.39. The number of halogens is 2. The van der Waals surface area contributed by atoms with E-state index in [0.29, 0.717) is 5.01 Å². The number of hydrogen-bond acceptors (Lipinski definition) is 5. The van der Waals surface area contributed by atoms with E-state index < -0.39 is 54.8 Å². The van der Waals surface area contributed by atoms with Gasteiger partial charge in [0.1, 0.15) is 5.69 Å². The Morgan fingerprint density at radius 3 is 2.48 bits per heavy atom. The van der Waals surface area contributed by atoms with Gasteiger partial charge in [0.15, 0.2) is 6.61 Å². The summed E-state index contributed by atoms with van der Waals surface area (Å²) in [7, 11) is 0. The Morgan fingerprint density at radius 1 is 1.24 bits per heavy atom. The van der Waals surface area contributed by atoms with Crippen molar-refractivity contribution in [2.45, 2.75) is 6.42 Å². The first-order valence-corrected chi connectivity index (χ1v) is 7.39. The minimum Gasteiger partial charge on any atom is -0.479 e. The molecule has 0 fully saturated rings. The average molecular weight is 387 g/mol. The van der Waals surface area contributed by atoms with Crippen LogP contribution in [-0.2, 0) is 20.7 Å². The molecular weight excluding hydrogens is 371 g/mol. The van der Waals surface area contributed by atoms with E-state index in [1.54, 1.807) is 0 Å². The molecule has 25 heavy (non-hydrogen) atoms. The zero-order valence-electron chi connectivity index (χ0n) is 16.4. The lowest BCUT2D eigenvalue weighted by atomic mass is 10.1. The van der Waals surface area contributed by atoms with Crippen molar-refractivity contribution in [3.05, 3.63) is 62.9 Å². The summed E-state index contributed by atoms with van der Waals surface area (Å²) in [6.07, 6.45) is -0.756. The first-order valence-electron chi connectivity index (χ1n) is 8.64. The summed E-state index contributed by atoms with van der Waals surface area (Å²) >= 11 is 12.2. The van der Waals surface area contributed by atoms with Gasteiger partial charge in [0.2, 0.25) is 0 Å². The highest BCUT2D eigenvalue weighted by Gasteiger charge is 2.21. The lowest BCUT2D eigenvalue weighted by Gasteiger charge is -2.20. The van der Waals surface area contributed by atoms with Gasteiger partial charge in [-0.3, -0.25) is 4.79 Å². The minimum atomic E-state index is -1.41. The number of hydrogen-bond donors (Lipinski definition) is 1. The summed E-state index contributed by atoms with van der Waals surface area (Å²) in [6, 6.07) is 1.58. The van der Waals surface area contributed by atoms with Crippen molar-refractivity contribution in [2.75, 3.05) is 11.6 Å². The molecule has 0 saturated heterocycles. The second-order valence-electron chi connectivity index (χ2n) is 4.52. The molecule has 2 aromatic carbocycles. The minimum absolute atomic E-state index is 0.0380. The number of aliphatic carboxylic acids is 1. The fourth-order valence-electron chi connectivity index (χ4n) is 1.86. The summed E-state index contributed by atoms with van der Waals surface area (Å²) in [5, 5.41) is 11.9. The molecule has 7 nitrogen and oxygen atoms in total. The van der Waals surface area contributed by atoms with Crippen LogP contribution in [0.1, 0.15) is 11.0 Å². The van der Waals surface area contributed by atoms with Crippen LogP contribution in [0.15, 0.2) is 47.7 Å². The van der Waals surface area contributed by atoms with E-state index in [1.165, 1.54) is 18.2 Å². The molecule has 9 heteroatoms. The van der Waals surface area contributed by atoms with Crippen LogP contribution >= 0.6 is 23.2 Å². The third-order valence-electron chi connectivity index (χ3n) is 2.86. The number of carboxylic acid groups (broad SMARTS) is 1. The second-order valence-corrected chi connectivity index (χ2v) is 5.34. The molecule has 0 aliphatic heterocycles. The number of esters is 1. The number of para-hydroxylation sites is 2. The molecule has 2 rings (SSSR count). The van der Waals surface area contributed by atoms with Crippen molar-refractivity contribution in [2.24, 2.45) is 5.29 Å². The van der Waals surface area contributed by atoms with Gasteiger partial charge in [-0.15, -0.1) is 4.91 Å². The summed E-state index contributed by atoms with van der Waals surface area (Å²) < 4.78 is 36.4. The van der Waals surface area contributed by atoms with Crippen LogP contribution in [0.2, 0.25) is 10.0 Å². The summed E-state index contributed by atoms with van der Waals surface area (Å²) in [4.78, 5) is 34.2. The molecule has 0 bridgehead atoms. The van der Waals surface area contributed by atoms with Crippen LogP contribution in [0.25, 0.3) is 0 Å². The number of nitroso groups, excluding NO2 is 1. The normalized spacial score (nSPS) is 12.4. The van der Waals surface area contributed by atoms with Crippen molar-refractivity contribution in [3.8, 4) is 0 Å². The summed E-state index contributed by atoms with van der Waals surface area (Å²) in [6.45, 7) is -0.939. The number of carboxylic acids is 1. The van der Waals surface area contributed by atoms with Gasteiger partial charge in [-0.05, 0) is 23.7 Å². The number of carbonyl (C=O) groups is 2.